The second-order valence-corrected chi connectivity index (χ2v) is 5.99. The highest BCUT2D eigenvalue weighted by atomic mass is 35.5. The molecule has 1 aliphatic rings. The van der Waals surface area contributed by atoms with Gasteiger partial charge in [0.25, 0.3) is 5.69 Å². The molecule has 0 saturated carbocycles. The number of aryl methyl sites for hydroxylation is 1. The topological polar surface area (TPSA) is 58.4 Å². The van der Waals surface area contributed by atoms with Gasteiger partial charge in [-0.3, -0.25) is 10.1 Å². The Morgan fingerprint density at radius 3 is 2.86 bits per heavy atom. The number of halogens is 1. The minimum atomic E-state index is -0.441. The van der Waals surface area contributed by atoms with Crippen molar-refractivity contribution in [2.24, 2.45) is 0 Å². The number of hydrogen-bond acceptors (Lipinski definition) is 4. The van der Waals surface area contributed by atoms with Crippen LogP contribution >= 0.6 is 11.6 Å². The van der Waals surface area contributed by atoms with E-state index in [1.54, 1.807) is 12.1 Å². The first-order valence-corrected chi connectivity index (χ1v) is 7.82. The molecular formula is C15H22ClN3O2. The molecule has 2 rings (SSSR count). The molecule has 6 heteroatoms. The second-order valence-electron chi connectivity index (χ2n) is 5.58. The highest BCUT2D eigenvalue weighted by Gasteiger charge is 2.19. The van der Waals surface area contributed by atoms with E-state index in [0.717, 1.165) is 43.7 Å². The largest absolute Gasteiger partial charge is 0.382 e. The van der Waals surface area contributed by atoms with E-state index in [0.29, 0.717) is 6.04 Å². The lowest BCUT2D eigenvalue weighted by atomic mass is 10.1. The van der Waals surface area contributed by atoms with Gasteiger partial charge in [0.05, 0.1) is 4.92 Å². The second kappa shape index (κ2) is 7.09. The van der Waals surface area contributed by atoms with Crippen molar-refractivity contribution in [1.82, 2.24) is 4.90 Å². The summed E-state index contributed by atoms with van der Waals surface area (Å²) < 4.78 is 0. The van der Waals surface area contributed by atoms with Gasteiger partial charge < -0.3 is 10.2 Å². The first-order chi connectivity index (χ1) is 10.0. The van der Waals surface area contributed by atoms with Gasteiger partial charge in [0.2, 0.25) is 0 Å². The van der Waals surface area contributed by atoms with Crippen LogP contribution in [0.4, 0.5) is 11.4 Å². The molecule has 1 saturated heterocycles. The number of rotatable bonds is 4. The molecule has 0 aromatic heterocycles. The summed E-state index contributed by atoms with van der Waals surface area (Å²) in [5.41, 5.74) is 1.74. The standard InChI is InChI=1S/C15H22ClN3O2/c1-3-18-7-4-5-12(6-8-18)17-14-10-13(16)15(19(20)21)9-11(14)2/h9-10,12,17H,3-8H2,1-2H3. The average molecular weight is 312 g/mol. The fourth-order valence-electron chi connectivity index (χ4n) is 2.80. The molecule has 0 amide bonds. The van der Waals surface area contributed by atoms with Crippen LogP contribution in [-0.2, 0) is 0 Å². The van der Waals surface area contributed by atoms with E-state index in [4.69, 9.17) is 11.6 Å². The summed E-state index contributed by atoms with van der Waals surface area (Å²) in [4.78, 5) is 12.9. The van der Waals surface area contributed by atoms with Gasteiger partial charge in [-0.05, 0) is 50.9 Å². The third kappa shape index (κ3) is 4.08. The fraction of sp³-hybridized carbons (Fsp3) is 0.600. The van der Waals surface area contributed by atoms with Crippen LogP contribution in [0.1, 0.15) is 31.7 Å². The van der Waals surface area contributed by atoms with Crippen molar-refractivity contribution < 1.29 is 4.92 Å². The normalized spacial score (nSPS) is 20.0. The van der Waals surface area contributed by atoms with Crippen LogP contribution in [0.2, 0.25) is 5.02 Å². The zero-order chi connectivity index (χ0) is 15.4. The van der Waals surface area contributed by atoms with Gasteiger partial charge in [0, 0.05) is 24.3 Å². The quantitative estimate of drug-likeness (QED) is 0.678. The molecule has 1 heterocycles. The molecule has 0 radical (unpaired) electrons. The predicted octanol–water partition coefficient (Wildman–Crippen LogP) is 3.84. The molecule has 1 aromatic carbocycles. The Balaban J connectivity index is 2.09. The van der Waals surface area contributed by atoms with Crippen LogP contribution in [0.25, 0.3) is 0 Å². The van der Waals surface area contributed by atoms with Crippen molar-refractivity contribution in [2.45, 2.75) is 39.2 Å². The number of nitrogens with zero attached hydrogens (tertiary/aromatic N) is 2. The Kier molecular flexibility index (Phi) is 5.42. The van der Waals surface area contributed by atoms with E-state index in [9.17, 15) is 10.1 Å². The first-order valence-electron chi connectivity index (χ1n) is 7.44. The maximum atomic E-state index is 10.9. The highest BCUT2D eigenvalue weighted by Crippen LogP contribution is 2.31. The molecule has 0 bridgehead atoms. The summed E-state index contributed by atoms with van der Waals surface area (Å²) in [6.07, 6.45) is 3.37. The van der Waals surface area contributed by atoms with Gasteiger partial charge in [-0.2, -0.15) is 0 Å². The molecule has 0 spiro atoms. The number of likely N-dealkylation sites (tertiary alicyclic amines) is 1. The Morgan fingerprint density at radius 2 is 2.19 bits per heavy atom. The summed E-state index contributed by atoms with van der Waals surface area (Å²) >= 11 is 6.00. The van der Waals surface area contributed by atoms with Crippen molar-refractivity contribution >= 4 is 23.0 Å². The Bertz CT molecular complexity index is 522. The Hall–Kier alpha value is -1.33. The number of hydrogen-bond donors (Lipinski definition) is 1. The van der Waals surface area contributed by atoms with Crippen molar-refractivity contribution in [3.63, 3.8) is 0 Å². The fourth-order valence-corrected chi connectivity index (χ4v) is 3.03. The summed E-state index contributed by atoms with van der Waals surface area (Å²) in [5.74, 6) is 0. The lowest BCUT2D eigenvalue weighted by molar-refractivity contribution is -0.384. The van der Waals surface area contributed by atoms with E-state index in [1.807, 2.05) is 6.92 Å². The van der Waals surface area contributed by atoms with Gasteiger partial charge in [-0.15, -0.1) is 0 Å². The molecule has 1 aliphatic heterocycles. The van der Waals surface area contributed by atoms with E-state index in [1.165, 1.54) is 6.42 Å². The third-order valence-electron chi connectivity index (χ3n) is 4.12. The number of anilines is 1. The van der Waals surface area contributed by atoms with Crippen molar-refractivity contribution in [3.8, 4) is 0 Å². The molecular weight excluding hydrogens is 290 g/mol. The molecule has 21 heavy (non-hydrogen) atoms. The van der Waals surface area contributed by atoms with Gasteiger partial charge >= 0.3 is 0 Å². The summed E-state index contributed by atoms with van der Waals surface area (Å²) in [7, 11) is 0. The van der Waals surface area contributed by atoms with Crippen molar-refractivity contribution in [2.75, 3.05) is 25.0 Å². The van der Waals surface area contributed by atoms with Crippen molar-refractivity contribution in [1.29, 1.82) is 0 Å². The minimum Gasteiger partial charge on any atom is -0.382 e. The highest BCUT2D eigenvalue weighted by molar-refractivity contribution is 6.33. The van der Waals surface area contributed by atoms with Crippen molar-refractivity contribution in [3.05, 3.63) is 32.8 Å². The van der Waals surface area contributed by atoms with Crippen LogP contribution in [0.3, 0.4) is 0 Å². The Labute approximate surface area is 130 Å². The summed E-state index contributed by atoms with van der Waals surface area (Å²) in [6.45, 7) is 7.40. The predicted molar refractivity (Wildman–Crippen MR) is 86.2 cm³/mol. The SMILES string of the molecule is CCN1CCCC(Nc2cc(Cl)c([N+](=O)[O-])cc2C)CC1. The van der Waals surface area contributed by atoms with E-state index >= 15 is 0 Å². The first kappa shape index (κ1) is 16.0. The van der Waals surface area contributed by atoms with E-state index in [-0.39, 0.29) is 10.7 Å². The smallest absolute Gasteiger partial charge is 0.288 e. The minimum absolute atomic E-state index is 0.0299. The molecule has 1 atom stereocenters. The zero-order valence-electron chi connectivity index (χ0n) is 12.6. The number of nitrogens with one attached hydrogen (secondary N) is 1. The van der Waals surface area contributed by atoms with E-state index in [2.05, 4.69) is 17.1 Å². The summed E-state index contributed by atoms with van der Waals surface area (Å²) in [5, 5.41) is 14.6. The maximum absolute atomic E-state index is 10.9. The zero-order valence-corrected chi connectivity index (χ0v) is 13.3. The molecule has 116 valence electrons. The monoisotopic (exact) mass is 311 g/mol. The van der Waals surface area contributed by atoms with Gasteiger partial charge in [-0.1, -0.05) is 18.5 Å². The Morgan fingerprint density at radius 1 is 1.43 bits per heavy atom. The van der Waals surface area contributed by atoms with Gasteiger partial charge in [0.1, 0.15) is 5.02 Å². The lowest BCUT2D eigenvalue weighted by Crippen LogP contribution is -2.26. The number of nitro groups is 1. The summed E-state index contributed by atoms with van der Waals surface area (Å²) in [6, 6.07) is 3.62. The van der Waals surface area contributed by atoms with Crippen LogP contribution in [0, 0.1) is 17.0 Å². The lowest BCUT2D eigenvalue weighted by Gasteiger charge is -2.20. The molecule has 1 unspecified atom stereocenters. The van der Waals surface area contributed by atoms with Crippen LogP contribution < -0.4 is 5.32 Å². The maximum Gasteiger partial charge on any atom is 0.288 e. The van der Waals surface area contributed by atoms with Crippen LogP contribution in [0.5, 0.6) is 0 Å². The van der Waals surface area contributed by atoms with Gasteiger partial charge in [0.15, 0.2) is 0 Å². The number of nitro benzene ring substituents is 1. The third-order valence-corrected chi connectivity index (χ3v) is 4.42. The number of benzene rings is 1. The van der Waals surface area contributed by atoms with E-state index < -0.39 is 4.92 Å². The molecule has 1 N–H and O–H groups in total. The van der Waals surface area contributed by atoms with Gasteiger partial charge in [-0.25, -0.2) is 0 Å². The van der Waals surface area contributed by atoms with Crippen LogP contribution in [0.15, 0.2) is 12.1 Å². The molecule has 0 aliphatic carbocycles. The average Bonchev–Trinajstić information content (AvgIpc) is 2.67. The van der Waals surface area contributed by atoms with Crippen LogP contribution in [-0.4, -0.2) is 35.5 Å². The molecule has 1 aromatic rings. The molecule has 1 fully saturated rings. The molecule has 5 nitrogen and oxygen atoms in total.